The van der Waals surface area contributed by atoms with E-state index in [1.54, 1.807) is 25.1 Å². The van der Waals surface area contributed by atoms with E-state index >= 15 is 0 Å². The minimum absolute atomic E-state index is 0.359. The Morgan fingerprint density at radius 3 is 2.95 bits per heavy atom. The van der Waals surface area contributed by atoms with Gasteiger partial charge >= 0.3 is 0 Å². The third-order valence-corrected chi connectivity index (χ3v) is 3.87. The number of hydrazone groups is 1. The first-order valence-electron chi connectivity index (χ1n) is 5.16. The molecule has 8 heteroatoms. The second-order valence-electron chi connectivity index (χ2n) is 3.53. The first kappa shape index (κ1) is 13.9. The molecular formula is C11H8Cl2N4OS. The van der Waals surface area contributed by atoms with Gasteiger partial charge in [-0.3, -0.25) is 4.79 Å². The number of amides is 1. The van der Waals surface area contributed by atoms with Gasteiger partial charge in [-0.05, 0) is 24.5 Å². The lowest BCUT2D eigenvalue weighted by Crippen LogP contribution is -2.17. The molecule has 0 radical (unpaired) electrons. The SMILES string of the molecule is Cc1nnsc1C(=O)N/N=C/c1cccc(Cl)c1Cl. The number of benzene rings is 1. The van der Waals surface area contributed by atoms with Gasteiger partial charge in [-0.25, -0.2) is 5.43 Å². The average molecular weight is 315 g/mol. The van der Waals surface area contributed by atoms with Gasteiger partial charge in [0.2, 0.25) is 0 Å². The molecule has 0 aliphatic carbocycles. The predicted octanol–water partition coefficient (Wildman–Crippen LogP) is 2.92. The van der Waals surface area contributed by atoms with E-state index in [4.69, 9.17) is 23.2 Å². The molecule has 5 nitrogen and oxygen atoms in total. The van der Waals surface area contributed by atoms with Gasteiger partial charge in [0, 0.05) is 5.56 Å². The summed E-state index contributed by atoms with van der Waals surface area (Å²) in [4.78, 5) is 12.1. The van der Waals surface area contributed by atoms with Crippen LogP contribution in [0.1, 0.15) is 20.9 Å². The number of rotatable bonds is 3. The molecule has 0 saturated carbocycles. The first-order chi connectivity index (χ1) is 9.09. The molecule has 0 bridgehead atoms. The Kier molecular flexibility index (Phi) is 4.47. The second kappa shape index (κ2) is 6.10. The van der Waals surface area contributed by atoms with Crippen molar-refractivity contribution in [1.82, 2.24) is 15.0 Å². The number of carbonyl (C=O) groups excluding carboxylic acids is 1. The number of hydrogen-bond donors (Lipinski definition) is 1. The van der Waals surface area contributed by atoms with Crippen LogP contribution in [-0.2, 0) is 0 Å². The maximum Gasteiger partial charge on any atom is 0.285 e. The van der Waals surface area contributed by atoms with E-state index in [1.807, 2.05) is 0 Å². The highest BCUT2D eigenvalue weighted by Gasteiger charge is 2.11. The summed E-state index contributed by atoms with van der Waals surface area (Å²) in [5, 5.41) is 8.39. The van der Waals surface area contributed by atoms with Gasteiger partial charge in [0.05, 0.1) is 22.0 Å². The standard InChI is InChI=1S/C11H8Cl2N4OS/c1-6-10(19-17-15-6)11(18)16-14-5-7-3-2-4-8(12)9(7)13/h2-5H,1H3,(H,16,18)/b14-5+. The Labute approximate surface area is 123 Å². The van der Waals surface area contributed by atoms with E-state index in [-0.39, 0.29) is 5.91 Å². The minimum Gasteiger partial charge on any atom is -0.266 e. The van der Waals surface area contributed by atoms with Crippen molar-refractivity contribution in [3.63, 3.8) is 0 Å². The summed E-state index contributed by atoms with van der Waals surface area (Å²) in [6.45, 7) is 1.70. The molecule has 0 aliphatic heterocycles. The smallest absolute Gasteiger partial charge is 0.266 e. The lowest BCUT2D eigenvalue weighted by atomic mass is 10.2. The van der Waals surface area contributed by atoms with Crippen LogP contribution >= 0.6 is 34.7 Å². The molecule has 1 N–H and O–H groups in total. The van der Waals surface area contributed by atoms with Crippen molar-refractivity contribution >= 4 is 46.9 Å². The van der Waals surface area contributed by atoms with Crippen LogP contribution in [0.25, 0.3) is 0 Å². The highest BCUT2D eigenvalue weighted by atomic mass is 35.5. The van der Waals surface area contributed by atoms with Crippen molar-refractivity contribution in [1.29, 1.82) is 0 Å². The number of nitrogens with zero attached hydrogens (tertiary/aromatic N) is 3. The summed E-state index contributed by atoms with van der Waals surface area (Å²) in [5.41, 5.74) is 3.57. The van der Waals surface area contributed by atoms with Crippen molar-refractivity contribution < 1.29 is 4.79 Å². The molecule has 0 spiro atoms. The molecule has 0 atom stereocenters. The van der Waals surface area contributed by atoms with E-state index < -0.39 is 0 Å². The number of nitrogens with one attached hydrogen (secondary N) is 1. The Bertz CT molecular complexity index is 641. The molecule has 98 valence electrons. The molecule has 1 aromatic carbocycles. The van der Waals surface area contributed by atoms with Crippen LogP contribution in [0.2, 0.25) is 10.0 Å². The summed E-state index contributed by atoms with van der Waals surface area (Å²) < 4.78 is 3.68. The fraction of sp³-hybridized carbons (Fsp3) is 0.0909. The van der Waals surface area contributed by atoms with Crippen LogP contribution in [0.3, 0.4) is 0 Å². The van der Waals surface area contributed by atoms with Crippen LogP contribution in [0.5, 0.6) is 0 Å². The maximum absolute atomic E-state index is 11.7. The molecule has 2 aromatic rings. The van der Waals surface area contributed by atoms with Gasteiger partial charge in [0.25, 0.3) is 5.91 Å². The predicted molar refractivity (Wildman–Crippen MR) is 76.2 cm³/mol. The summed E-state index contributed by atoms with van der Waals surface area (Å²) >= 11 is 12.9. The van der Waals surface area contributed by atoms with Crippen LogP contribution in [0.15, 0.2) is 23.3 Å². The van der Waals surface area contributed by atoms with Crippen molar-refractivity contribution in [3.8, 4) is 0 Å². The molecule has 19 heavy (non-hydrogen) atoms. The number of hydrogen-bond acceptors (Lipinski definition) is 5. The molecular weight excluding hydrogens is 307 g/mol. The Morgan fingerprint density at radius 2 is 2.26 bits per heavy atom. The fourth-order valence-electron chi connectivity index (χ4n) is 1.27. The Balaban J connectivity index is 2.07. The summed E-state index contributed by atoms with van der Waals surface area (Å²) in [6, 6.07) is 5.16. The fourth-order valence-corrected chi connectivity index (χ4v) is 2.17. The largest absolute Gasteiger partial charge is 0.285 e. The summed E-state index contributed by atoms with van der Waals surface area (Å²) in [6.07, 6.45) is 1.43. The average Bonchev–Trinajstić information content (AvgIpc) is 2.81. The quantitative estimate of drug-likeness (QED) is 0.699. The molecule has 0 aliphatic rings. The van der Waals surface area contributed by atoms with Crippen molar-refractivity contribution in [2.45, 2.75) is 6.92 Å². The van der Waals surface area contributed by atoms with Crippen molar-refractivity contribution in [2.24, 2.45) is 5.10 Å². The molecule has 1 aromatic heterocycles. The molecule has 2 rings (SSSR count). The normalized spacial score (nSPS) is 10.9. The van der Waals surface area contributed by atoms with Gasteiger partial charge < -0.3 is 0 Å². The zero-order valence-electron chi connectivity index (χ0n) is 9.72. The van der Waals surface area contributed by atoms with Crippen molar-refractivity contribution in [3.05, 3.63) is 44.4 Å². The van der Waals surface area contributed by atoms with Gasteiger partial charge in [-0.1, -0.05) is 39.8 Å². The highest BCUT2D eigenvalue weighted by Crippen LogP contribution is 2.24. The first-order valence-corrected chi connectivity index (χ1v) is 6.69. The molecule has 1 heterocycles. The van der Waals surface area contributed by atoms with Crippen molar-refractivity contribution in [2.75, 3.05) is 0 Å². The maximum atomic E-state index is 11.7. The number of halogens is 2. The lowest BCUT2D eigenvalue weighted by Gasteiger charge is -2.00. The molecule has 1 amide bonds. The number of carbonyl (C=O) groups is 1. The monoisotopic (exact) mass is 314 g/mol. The zero-order valence-corrected chi connectivity index (χ0v) is 12.1. The second-order valence-corrected chi connectivity index (χ2v) is 5.07. The van der Waals surface area contributed by atoms with Gasteiger partial charge in [-0.2, -0.15) is 5.10 Å². The van der Waals surface area contributed by atoms with Crippen LogP contribution in [0, 0.1) is 6.92 Å². The summed E-state index contributed by atoms with van der Waals surface area (Å²) in [7, 11) is 0. The molecule has 0 unspecified atom stereocenters. The lowest BCUT2D eigenvalue weighted by molar-refractivity contribution is 0.0958. The van der Waals surface area contributed by atoms with Gasteiger partial charge in [-0.15, -0.1) is 5.10 Å². The minimum atomic E-state index is -0.359. The zero-order chi connectivity index (χ0) is 13.8. The van der Waals surface area contributed by atoms with Gasteiger partial charge in [0.1, 0.15) is 4.88 Å². The van der Waals surface area contributed by atoms with Crippen LogP contribution < -0.4 is 5.43 Å². The third kappa shape index (κ3) is 3.28. The third-order valence-electron chi connectivity index (χ3n) is 2.21. The topological polar surface area (TPSA) is 67.2 Å². The van der Waals surface area contributed by atoms with E-state index in [0.29, 0.717) is 26.2 Å². The molecule has 0 saturated heterocycles. The Hall–Kier alpha value is -1.50. The van der Waals surface area contributed by atoms with Gasteiger partial charge in [0.15, 0.2) is 0 Å². The van der Waals surface area contributed by atoms with E-state index in [0.717, 1.165) is 11.5 Å². The van der Waals surface area contributed by atoms with Crippen LogP contribution in [0.4, 0.5) is 0 Å². The number of aromatic nitrogens is 2. The van der Waals surface area contributed by atoms with E-state index in [2.05, 4.69) is 20.1 Å². The number of aryl methyl sites for hydroxylation is 1. The van der Waals surface area contributed by atoms with Crippen LogP contribution in [-0.4, -0.2) is 21.7 Å². The Morgan fingerprint density at radius 1 is 1.47 bits per heavy atom. The highest BCUT2D eigenvalue weighted by molar-refractivity contribution is 7.07. The summed E-state index contributed by atoms with van der Waals surface area (Å²) in [5.74, 6) is -0.359. The molecule has 0 fully saturated rings. The van der Waals surface area contributed by atoms with E-state index in [1.165, 1.54) is 6.21 Å². The van der Waals surface area contributed by atoms with E-state index in [9.17, 15) is 4.79 Å².